The van der Waals surface area contributed by atoms with E-state index >= 15 is 0 Å². The van der Waals surface area contributed by atoms with Crippen molar-refractivity contribution in [2.24, 2.45) is 11.8 Å². The van der Waals surface area contributed by atoms with Crippen LogP contribution in [0.15, 0.2) is 72.8 Å². The molecule has 0 aliphatic heterocycles. The summed E-state index contributed by atoms with van der Waals surface area (Å²) in [5, 5.41) is 5.74. The second-order valence-electron chi connectivity index (χ2n) is 8.19. The monoisotopic (exact) mass is 498 g/mol. The average Bonchev–Trinajstić information content (AvgIpc) is 3.59. The van der Waals surface area contributed by atoms with Gasteiger partial charge in [-0.25, -0.2) is 0 Å². The predicted molar refractivity (Wildman–Crippen MR) is 112 cm³/mol. The molecule has 2 saturated carbocycles. The Bertz CT molecular complexity index is 937. The van der Waals surface area contributed by atoms with Gasteiger partial charge < -0.3 is 24.8 Å². The van der Waals surface area contributed by atoms with Crippen molar-refractivity contribution in [3.8, 4) is 0 Å². The Kier molecular flexibility index (Phi) is 9.21. The molecule has 3 heteroatoms. The van der Waals surface area contributed by atoms with Gasteiger partial charge in [0.05, 0.1) is 0 Å². The van der Waals surface area contributed by atoms with E-state index in [9.17, 15) is 0 Å². The molecule has 4 aromatic carbocycles. The van der Waals surface area contributed by atoms with E-state index in [1.807, 2.05) is 0 Å². The van der Waals surface area contributed by atoms with Crippen LogP contribution >= 0.6 is 0 Å². The molecule has 148 valence electrons. The van der Waals surface area contributed by atoms with Crippen molar-refractivity contribution in [3.63, 3.8) is 0 Å². The van der Waals surface area contributed by atoms with Gasteiger partial charge in [0.2, 0.25) is 0 Å². The zero-order chi connectivity index (χ0) is 17.3. The molecule has 0 radical (unpaired) electrons. The number of hydrogen-bond acceptors (Lipinski definition) is 0. The van der Waals surface area contributed by atoms with Gasteiger partial charge in [0.15, 0.2) is 0 Å². The van der Waals surface area contributed by atoms with Crippen molar-refractivity contribution >= 4 is 21.5 Å². The largest absolute Gasteiger partial charge is 4.00 e. The average molecular weight is 501 g/mol. The molecule has 2 fully saturated rings. The van der Waals surface area contributed by atoms with E-state index in [0.29, 0.717) is 0 Å². The predicted octanol–water partition coefficient (Wildman–Crippen LogP) is 1.03. The van der Waals surface area contributed by atoms with Crippen molar-refractivity contribution in [1.82, 2.24) is 0 Å². The van der Waals surface area contributed by atoms with Crippen LogP contribution in [0.25, 0.3) is 21.5 Å². The van der Waals surface area contributed by atoms with E-state index in [4.69, 9.17) is 0 Å². The second kappa shape index (κ2) is 10.9. The molecule has 4 aromatic rings. The van der Waals surface area contributed by atoms with Crippen LogP contribution in [0.3, 0.4) is 0 Å². The summed E-state index contributed by atoms with van der Waals surface area (Å²) in [6, 6.07) is 26.5. The molecule has 0 aromatic heterocycles. The van der Waals surface area contributed by atoms with E-state index < -0.39 is 0 Å². The summed E-state index contributed by atoms with van der Waals surface area (Å²) in [5.41, 5.74) is 3.11. The Balaban J connectivity index is 0.000000187. The molecular weight excluding hydrogens is 474 g/mol. The number of halogens is 2. The maximum atomic E-state index is 2.29. The molecule has 0 atom stereocenters. The summed E-state index contributed by atoms with van der Waals surface area (Å²) in [6.45, 7) is 0. The molecule has 0 nitrogen and oxygen atoms in total. The van der Waals surface area contributed by atoms with Crippen molar-refractivity contribution in [1.29, 1.82) is 0 Å². The molecule has 0 unspecified atom stereocenters. The van der Waals surface area contributed by atoms with Crippen LogP contribution in [-0.2, 0) is 39.0 Å². The van der Waals surface area contributed by atoms with Gasteiger partial charge >= 0.3 is 26.2 Å². The molecular formula is C26H26Cl2Zr. The Morgan fingerprint density at radius 3 is 1.38 bits per heavy atom. The van der Waals surface area contributed by atoms with Crippen LogP contribution < -0.4 is 24.8 Å². The van der Waals surface area contributed by atoms with Crippen LogP contribution in [0.5, 0.6) is 0 Å². The van der Waals surface area contributed by atoms with Crippen LogP contribution in [0, 0.1) is 11.8 Å². The summed E-state index contributed by atoms with van der Waals surface area (Å²) in [4.78, 5) is 0. The van der Waals surface area contributed by atoms with Crippen molar-refractivity contribution in [2.45, 2.75) is 38.5 Å². The van der Waals surface area contributed by atoms with Gasteiger partial charge in [-0.2, -0.15) is 11.1 Å². The Morgan fingerprint density at radius 2 is 1.00 bits per heavy atom. The quantitative estimate of drug-likeness (QED) is 0.368. The van der Waals surface area contributed by atoms with Crippen molar-refractivity contribution in [2.75, 3.05) is 0 Å². The number of benzene rings is 2. The molecule has 0 spiro atoms. The SMILES string of the molecule is [Cl-].[Cl-].[Zr+4].c1ccc2c(CC3CC3)c[cH-]c2c1.c1ccc2c(CC3CC3)c[cH-]c2c1. The van der Waals surface area contributed by atoms with Gasteiger partial charge in [-0.05, 0) is 11.8 Å². The first-order valence-corrected chi connectivity index (χ1v) is 10.1. The van der Waals surface area contributed by atoms with E-state index in [2.05, 4.69) is 72.8 Å². The van der Waals surface area contributed by atoms with E-state index in [1.165, 1.54) is 60.1 Å². The van der Waals surface area contributed by atoms with Gasteiger partial charge in [-0.3, -0.25) is 0 Å². The minimum absolute atomic E-state index is 0. The first-order valence-electron chi connectivity index (χ1n) is 10.1. The minimum Gasteiger partial charge on any atom is -1.00 e. The molecule has 0 bridgehead atoms. The zero-order valence-corrected chi connectivity index (χ0v) is 20.6. The van der Waals surface area contributed by atoms with Gasteiger partial charge in [0.1, 0.15) is 0 Å². The third-order valence-corrected chi connectivity index (χ3v) is 5.95. The minimum atomic E-state index is 0. The van der Waals surface area contributed by atoms with Gasteiger partial charge in [0.25, 0.3) is 0 Å². The number of fused-ring (bicyclic) bond motifs is 2. The third-order valence-electron chi connectivity index (χ3n) is 5.95. The maximum Gasteiger partial charge on any atom is 4.00 e. The van der Waals surface area contributed by atoms with Crippen LogP contribution in [-0.4, -0.2) is 0 Å². The summed E-state index contributed by atoms with van der Waals surface area (Å²) < 4.78 is 0. The van der Waals surface area contributed by atoms with Gasteiger partial charge in [0, 0.05) is 0 Å². The molecule has 0 amide bonds. The molecule has 0 N–H and O–H groups in total. The van der Waals surface area contributed by atoms with E-state index in [1.54, 1.807) is 11.1 Å². The van der Waals surface area contributed by atoms with Crippen molar-refractivity contribution in [3.05, 3.63) is 83.9 Å². The number of rotatable bonds is 4. The number of hydrogen-bond donors (Lipinski definition) is 0. The standard InChI is InChI=1S/2C13H13.2ClH.Zr/c2*1-2-4-13-11(3-1)7-8-12(13)9-10-5-6-10;;;/h2*1-4,7-8,10H,5-6,9H2;2*1H;/q2*-1;;;+4/p-2. The fourth-order valence-corrected chi connectivity index (χ4v) is 4.05. The molecule has 2 aliphatic carbocycles. The Morgan fingerprint density at radius 1 is 0.621 bits per heavy atom. The molecule has 29 heavy (non-hydrogen) atoms. The topological polar surface area (TPSA) is 0 Å². The summed E-state index contributed by atoms with van der Waals surface area (Å²) in [7, 11) is 0. The fourth-order valence-electron chi connectivity index (χ4n) is 4.05. The second-order valence-corrected chi connectivity index (χ2v) is 8.19. The van der Waals surface area contributed by atoms with Gasteiger partial charge in [-0.1, -0.05) is 50.7 Å². The molecule has 2 aliphatic rings. The Labute approximate surface area is 205 Å². The fraction of sp³-hybridized carbons (Fsp3) is 0.308. The molecule has 6 rings (SSSR count). The maximum absolute atomic E-state index is 2.29. The van der Waals surface area contributed by atoms with Crippen molar-refractivity contribution < 1.29 is 51.0 Å². The first kappa shape index (κ1) is 24.4. The Hall–Kier alpha value is -0.877. The molecule has 0 saturated heterocycles. The first-order chi connectivity index (χ1) is 12.9. The van der Waals surface area contributed by atoms with Crippen LogP contribution in [0.1, 0.15) is 36.8 Å². The van der Waals surface area contributed by atoms with Crippen LogP contribution in [0.2, 0.25) is 0 Å². The summed E-state index contributed by atoms with van der Waals surface area (Å²) in [5.74, 6) is 1.98. The van der Waals surface area contributed by atoms with Crippen LogP contribution in [0.4, 0.5) is 0 Å². The van der Waals surface area contributed by atoms with Gasteiger partial charge in [-0.15, -0.1) is 82.2 Å². The zero-order valence-electron chi connectivity index (χ0n) is 16.6. The third kappa shape index (κ3) is 6.07. The molecule has 0 heterocycles. The smallest absolute Gasteiger partial charge is 1.00 e. The van der Waals surface area contributed by atoms with E-state index in [-0.39, 0.29) is 51.0 Å². The normalized spacial score (nSPS) is 14.9. The van der Waals surface area contributed by atoms with E-state index in [0.717, 1.165) is 11.8 Å². The summed E-state index contributed by atoms with van der Waals surface area (Å²) in [6.07, 6.45) is 8.37. The summed E-state index contributed by atoms with van der Waals surface area (Å²) >= 11 is 0.